The number of phenols is 1. The highest BCUT2D eigenvalue weighted by molar-refractivity contribution is 7.94. The van der Waals surface area contributed by atoms with E-state index in [0.29, 0.717) is 18.3 Å². The maximum absolute atomic E-state index is 11.9. The molecule has 5 atom stereocenters. The summed E-state index contributed by atoms with van der Waals surface area (Å²) in [5, 5.41) is 9.75. The standard InChI is InChI=1S/C18H24O8S2/c1-18-9-8-14-13-5-3-12(19)10-11(13)2-4-15(14)16(18)6-7-17(18)25-28(23,24)26-27(20,21)22/h3,5,10,14-17,19H,2,4,6-9H2,1H3,(H,20,21,22)/t14-,15-,16+,17?,18+/m1/s1. The van der Waals surface area contributed by atoms with Crippen molar-refractivity contribution < 1.29 is 34.3 Å². The lowest BCUT2D eigenvalue weighted by atomic mass is 9.55. The third kappa shape index (κ3) is 3.56. The van der Waals surface area contributed by atoms with Crippen molar-refractivity contribution in [3.05, 3.63) is 29.3 Å². The molecule has 0 aromatic heterocycles. The fourth-order valence-corrected chi connectivity index (χ4v) is 7.51. The summed E-state index contributed by atoms with van der Waals surface area (Å²) in [7, 11) is -10.0. The number of aryl methyl sites for hydroxylation is 1. The summed E-state index contributed by atoms with van der Waals surface area (Å²) in [5.74, 6) is 1.27. The highest BCUT2D eigenvalue weighted by atomic mass is 32.3. The van der Waals surface area contributed by atoms with E-state index in [4.69, 9.17) is 8.74 Å². The van der Waals surface area contributed by atoms with E-state index in [1.807, 2.05) is 19.1 Å². The largest absolute Gasteiger partial charge is 0.508 e. The average Bonchev–Trinajstić information content (AvgIpc) is 2.88. The van der Waals surface area contributed by atoms with Gasteiger partial charge in [0, 0.05) is 0 Å². The van der Waals surface area contributed by atoms with Crippen LogP contribution in [0.1, 0.15) is 56.1 Å². The lowest BCUT2D eigenvalue weighted by Gasteiger charge is -2.50. The van der Waals surface area contributed by atoms with Gasteiger partial charge in [-0.05, 0) is 85.0 Å². The second-order valence-electron chi connectivity index (χ2n) is 8.41. The van der Waals surface area contributed by atoms with Crippen molar-refractivity contribution in [3.63, 3.8) is 0 Å². The van der Waals surface area contributed by atoms with Crippen LogP contribution in [0.3, 0.4) is 0 Å². The first-order valence-electron chi connectivity index (χ1n) is 9.42. The van der Waals surface area contributed by atoms with Gasteiger partial charge in [-0.2, -0.15) is 16.8 Å². The molecule has 1 unspecified atom stereocenters. The van der Waals surface area contributed by atoms with Crippen LogP contribution in [0.25, 0.3) is 0 Å². The van der Waals surface area contributed by atoms with E-state index in [1.54, 1.807) is 6.07 Å². The van der Waals surface area contributed by atoms with Crippen molar-refractivity contribution in [2.24, 2.45) is 17.3 Å². The molecule has 0 amide bonds. The summed E-state index contributed by atoms with van der Waals surface area (Å²) in [6, 6.07) is 5.55. The van der Waals surface area contributed by atoms with Crippen molar-refractivity contribution in [3.8, 4) is 5.75 Å². The van der Waals surface area contributed by atoms with Crippen LogP contribution in [0, 0.1) is 17.3 Å². The van der Waals surface area contributed by atoms with Crippen molar-refractivity contribution in [1.29, 1.82) is 0 Å². The van der Waals surface area contributed by atoms with Gasteiger partial charge in [0.05, 0.1) is 6.10 Å². The van der Waals surface area contributed by atoms with E-state index in [1.165, 1.54) is 11.1 Å². The zero-order valence-corrected chi connectivity index (χ0v) is 17.1. The zero-order valence-electron chi connectivity index (χ0n) is 15.4. The zero-order chi connectivity index (χ0) is 20.3. The summed E-state index contributed by atoms with van der Waals surface area (Å²) >= 11 is 0. The SMILES string of the molecule is C[C@]12CC[C@@H]3c4ccc(O)cc4CC[C@H]3[C@@H]1CCC2OS(=O)(=O)OS(=O)(=O)O. The first-order valence-corrected chi connectivity index (χ1v) is 12.1. The fraction of sp³-hybridized carbons (Fsp3) is 0.667. The van der Waals surface area contributed by atoms with Crippen LogP contribution in [0.15, 0.2) is 18.2 Å². The minimum atomic E-state index is -5.16. The van der Waals surface area contributed by atoms with Gasteiger partial charge in [0.15, 0.2) is 0 Å². The Morgan fingerprint density at radius 2 is 1.86 bits per heavy atom. The monoisotopic (exact) mass is 432 g/mol. The Balaban J connectivity index is 1.57. The fourth-order valence-electron chi connectivity index (χ4n) is 5.94. The molecule has 1 aromatic carbocycles. The van der Waals surface area contributed by atoms with Crippen LogP contribution in [-0.4, -0.2) is 32.6 Å². The Kier molecular flexibility index (Phi) is 4.78. The molecule has 3 aliphatic rings. The van der Waals surface area contributed by atoms with Crippen LogP contribution in [0.4, 0.5) is 0 Å². The Morgan fingerprint density at radius 1 is 1.11 bits per heavy atom. The normalized spacial score (nSPS) is 35.1. The first-order chi connectivity index (χ1) is 13.0. The van der Waals surface area contributed by atoms with Gasteiger partial charge in [-0.25, -0.2) is 4.18 Å². The molecule has 2 saturated carbocycles. The van der Waals surface area contributed by atoms with Crippen LogP contribution < -0.4 is 0 Å². The first kappa shape index (κ1) is 20.1. The number of hydrogen-bond donors (Lipinski definition) is 2. The van der Waals surface area contributed by atoms with E-state index in [9.17, 15) is 21.9 Å². The van der Waals surface area contributed by atoms with Gasteiger partial charge in [0.25, 0.3) is 0 Å². The van der Waals surface area contributed by atoms with Gasteiger partial charge in [0.1, 0.15) is 5.75 Å². The molecule has 8 nitrogen and oxygen atoms in total. The Labute approximate surface area is 165 Å². The minimum Gasteiger partial charge on any atom is -0.508 e. The molecule has 0 saturated heterocycles. The predicted octanol–water partition coefficient (Wildman–Crippen LogP) is 2.70. The Morgan fingerprint density at radius 3 is 2.57 bits per heavy atom. The highest BCUT2D eigenvalue weighted by Gasteiger charge is 2.56. The molecule has 1 aromatic rings. The molecule has 0 aliphatic heterocycles. The van der Waals surface area contributed by atoms with Gasteiger partial charge in [-0.1, -0.05) is 13.0 Å². The van der Waals surface area contributed by atoms with Crippen molar-refractivity contribution in [1.82, 2.24) is 0 Å². The smallest absolute Gasteiger partial charge is 0.416 e. The number of rotatable bonds is 4. The maximum Gasteiger partial charge on any atom is 0.416 e. The molecule has 0 spiro atoms. The molecular weight excluding hydrogens is 408 g/mol. The lowest BCUT2D eigenvalue weighted by Crippen LogP contribution is -2.45. The van der Waals surface area contributed by atoms with Gasteiger partial charge in [0.2, 0.25) is 0 Å². The predicted molar refractivity (Wildman–Crippen MR) is 99.2 cm³/mol. The summed E-state index contributed by atoms with van der Waals surface area (Å²) in [5.41, 5.74) is 2.04. The number of fused-ring (bicyclic) bond motifs is 5. The maximum atomic E-state index is 11.9. The molecule has 28 heavy (non-hydrogen) atoms. The van der Waals surface area contributed by atoms with Crippen molar-refractivity contribution >= 4 is 20.8 Å². The van der Waals surface area contributed by atoms with Crippen LogP contribution in [0.2, 0.25) is 0 Å². The summed E-state index contributed by atoms with van der Waals surface area (Å²) in [6.07, 6.45) is 4.03. The van der Waals surface area contributed by atoms with Crippen LogP contribution in [-0.2, 0) is 35.0 Å². The molecule has 0 heterocycles. The molecule has 4 rings (SSSR count). The lowest BCUT2D eigenvalue weighted by molar-refractivity contribution is -0.0116. The topological polar surface area (TPSA) is 127 Å². The Bertz CT molecular complexity index is 987. The van der Waals surface area contributed by atoms with Crippen molar-refractivity contribution in [2.75, 3.05) is 0 Å². The second kappa shape index (κ2) is 6.66. The number of benzene rings is 1. The molecule has 2 fully saturated rings. The van der Waals surface area contributed by atoms with E-state index in [2.05, 4.69) is 3.63 Å². The molecular formula is C18H24O8S2. The van der Waals surface area contributed by atoms with Crippen LogP contribution in [0.5, 0.6) is 5.75 Å². The van der Waals surface area contributed by atoms with Gasteiger partial charge >= 0.3 is 20.8 Å². The number of aromatic hydroxyl groups is 1. The third-order valence-corrected chi connectivity index (χ3v) is 8.85. The molecule has 0 radical (unpaired) electrons. The third-order valence-electron chi connectivity index (χ3n) is 7.03. The molecule has 156 valence electrons. The average molecular weight is 433 g/mol. The van der Waals surface area contributed by atoms with Crippen molar-refractivity contribution in [2.45, 2.75) is 57.5 Å². The van der Waals surface area contributed by atoms with Crippen LogP contribution >= 0.6 is 0 Å². The van der Waals surface area contributed by atoms with E-state index >= 15 is 0 Å². The molecule has 3 aliphatic carbocycles. The molecule has 10 heteroatoms. The molecule has 0 bridgehead atoms. The number of phenolic OH excluding ortho intramolecular Hbond substituents is 1. The summed E-state index contributed by atoms with van der Waals surface area (Å²) in [4.78, 5) is 0. The minimum absolute atomic E-state index is 0.249. The van der Waals surface area contributed by atoms with Gasteiger partial charge < -0.3 is 5.11 Å². The van der Waals surface area contributed by atoms with E-state index in [0.717, 1.165) is 32.1 Å². The van der Waals surface area contributed by atoms with E-state index < -0.39 is 32.3 Å². The Hall–Kier alpha value is -1.20. The number of hydrogen-bond acceptors (Lipinski definition) is 7. The summed E-state index contributed by atoms with van der Waals surface area (Å²) < 4.78 is 62.8. The van der Waals surface area contributed by atoms with Gasteiger partial charge in [-0.15, -0.1) is 3.63 Å². The second-order valence-corrected chi connectivity index (χ2v) is 10.8. The molecule has 2 N–H and O–H groups in total. The summed E-state index contributed by atoms with van der Waals surface area (Å²) in [6.45, 7) is 2.00. The highest BCUT2D eigenvalue weighted by Crippen LogP contribution is 2.61. The quantitative estimate of drug-likeness (QED) is 0.695. The van der Waals surface area contributed by atoms with Gasteiger partial charge in [-0.3, -0.25) is 4.55 Å². The van der Waals surface area contributed by atoms with E-state index in [-0.39, 0.29) is 11.7 Å².